The highest BCUT2D eigenvalue weighted by atomic mass is 19.1. The van der Waals surface area contributed by atoms with Gasteiger partial charge in [-0.3, -0.25) is 4.79 Å². The van der Waals surface area contributed by atoms with E-state index in [4.69, 9.17) is 0 Å². The van der Waals surface area contributed by atoms with Gasteiger partial charge in [-0.25, -0.2) is 8.78 Å². The highest BCUT2D eigenvalue weighted by molar-refractivity contribution is 6.07. The van der Waals surface area contributed by atoms with Crippen LogP contribution in [0.3, 0.4) is 0 Å². The molecule has 0 aliphatic heterocycles. The molecule has 5 aromatic rings. The van der Waals surface area contributed by atoms with Gasteiger partial charge in [-0.15, -0.1) is 0 Å². The van der Waals surface area contributed by atoms with Crippen molar-refractivity contribution in [2.45, 2.75) is 26.4 Å². The van der Waals surface area contributed by atoms with E-state index in [1.165, 1.54) is 24.3 Å². The lowest BCUT2D eigenvalue weighted by Crippen LogP contribution is -2.17. The zero-order valence-electron chi connectivity index (χ0n) is 18.3. The van der Waals surface area contributed by atoms with E-state index in [2.05, 4.69) is 23.7 Å². The molecule has 0 saturated heterocycles. The van der Waals surface area contributed by atoms with Crippen molar-refractivity contribution < 1.29 is 13.6 Å². The molecule has 0 aliphatic carbocycles. The fourth-order valence-corrected chi connectivity index (χ4v) is 4.31. The van der Waals surface area contributed by atoms with Crippen LogP contribution in [0.5, 0.6) is 0 Å². The summed E-state index contributed by atoms with van der Waals surface area (Å²) in [5, 5.41) is 4.61. The number of hydrogen-bond donors (Lipinski definition) is 1. The van der Waals surface area contributed by atoms with Crippen LogP contribution < -0.4 is 5.32 Å². The molecule has 1 N–H and O–H groups in total. The summed E-state index contributed by atoms with van der Waals surface area (Å²) in [4.78, 5) is 13.3. The third-order valence-electron chi connectivity index (χ3n) is 5.86. The van der Waals surface area contributed by atoms with Gasteiger partial charge >= 0.3 is 0 Å². The molecule has 2 aromatic heterocycles. The Morgan fingerprint density at radius 1 is 0.879 bits per heavy atom. The molecule has 0 aliphatic rings. The Morgan fingerprint density at radius 2 is 1.67 bits per heavy atom. The van der Waals surface area contributed by atoms with E-state index in [1.807, 2.05) is 30.5 Å². The standard InChI is InChI=1S/C27H23F2N3O/c1-17(2)31-11-10-19-14-23(7-9-24(19)31)30-27(33)26-15-20-13-22(29)6-8-25(20)32(26)16-18-4-3-5-21(28)12-18/h3-15,17H,16H2,1-2H3,(H,30,33). The third kappa shape index (κ3) is 4.00. The topological polar surface area (TPSA) is 39.0 Å². The second-order valence-corrected chi connectivity index (χ2v) is 8.49. The van der Waals surface area contributed by atoms with Crippen molar-refractivity contribution in [1.29, 1.82) is 0 Å². The summed E-state index contributed by atoms with van der Waals surface area (Å²) in [6.45, 7) is 4.52. The van der Waals surface area contributed by atoms with Crippen molar-refractivity contribution in [2.24, 2.45) is 0 Å². The van der Waals surface area contributed by atoms with Crippen LogP contribution in [0, 0.1) is 11.6 Å². The number of amides is 1. The number of nitrogens with one attached hydrogen (secondary N) is 1. The van der Waals surface area contributed by atoms with E-state index >= 15 is 0 Å². The number of carbonyl (C=O) groups excluding carboxylic acids is 1. The van der Waals surface area contributed by atoms with Gasteiger partial charge in [0.25, 0.3) is 5.91 Å². The van der Waals surface area contributed by atoms with Crippen molar-refractivity contribution in [3.8, 4) is 0 Å². The molecule has 0 unspecified atom stereocenters. The average molecular weight is 443 g/mol. The fourth-order valence-electron chi connectivity index (χ4n) is 4.31. The number of fused-ring (bicyclic) bond motifs is 2. The van der Waals surface area contributed by atoms with E-state index in [0.717, 1.165) is 10.9 Å². The number of carbonyl (C=O) groups is 1. The van der Waals surface area contributed by atoms with Crippen molar-refractivity contribution in [1.82, 2.24) is 9.13 Å². The fraction of sp³-hybridized carbons (Fsp3) is 0.148. The molecule has 3 aromatic carbocycles. The van der Waals surface area contributed by atoms with Gasteiger partial charge in [-0.1, -0.05) is 12.1 Å². The summed E-state index contributed by atoms with van der Waals surface area (Å²) in [6.07, 6.45) is 2.03. The second kappa shape index (κ2) is 8.20. The van der Waals surface area contributed by atoms with Crippen molar-refractivity contribution in [3.63, 3.8) is 0 Å². The summed E-state index contributed by atoms with van der Waals surface area (Å²) in [5.41, 5.74) is 3.55. The van der Waals surface area contributed by atoms with Crippen LogP contribution in [0.25, 0.3) is 21.8 Å². The maximum atomic E-state index is 13.9. The molecule has 1 amide bonds. The Bertz CT molecular complexity index is 1500. The van der Waals surface area contributed by atoms with Crippen molar-refractivity contribution >= 4 is 33.4 Å². The number of nitrogens with zero attached hydrogens (tertiary/aromatic N) is 2. The van der Waals surface area contributed by atoms with E-state index in [-0.39, 0.29) is 24.1 Å². The zero-order valence-corrected chi connectivity index (χ0v) is 18.3. The van der Waals surface area contributed by atoms with Gasteiger partial charge in [0.15, 0.2) is 0 Å². The van der Waals surface area contributed by atoms with Crippen LogP contribution in [0.4, 0.5) is 14.5 Å². The molecule has 0 bridgehead atoms. The van der Waals surface area contributed by atoms with Crippen LogP contribution in [-0.2, 0) is 6.54 Å². The molecule has 2 heterocycles. The predicted octanol–water partition coefficient (Wildman–Crippen LogP) is 6.76. The molecule has 0 atom stereocenters. The minimum atomic E-state index is -0.377. The first-order valence-corrected chi connectivity index (χ1v) is 10.8. The first-order chi connectivity index (χ1) is 15.9. The quantitative estimate of drug-likeness (QED) is 0.320. The van der Waals surface area contributed by atoms with Gasteiger partial charge in [0.05, 0.1) is 0 Å². The summed E-state index contributed by atoms with van der Waals surface area (Å²) < 4.78 is 31.6. The summed E-state index contributed by atoms with van der Waals surface area (Å²) in [6, 6.07) is 20.5. The van der Waals surface area contributed by atoms with Gasteiger partial charge in [-0.05, 0) is 80.1 Å². The second-order valence-electron chi connectivity index (χ2n) is 8.49. The average Bonchev–Trinajstić information content (AvgIpc) is 3.35. The summed E-state index contributed by atoms with van der Waals surface area (Å²) >= 11 is 0. The highest BCUT2D eigenvalue weighted by Gasteiger charge is 2.17. The van der Waals surface area contributed by atoms with Crippen molar-refractivity contribution in [3.05, 3.63) is 102 Å². The Balaban J connectivity index is 1.52. The zero-order chi connectivity index (χ0) is 23.1. The normalized spacial score (nSPS) is 11.5. The van der Waals surface area contributed by atoms with Gasteiger partial charge < -0.3 is 14.5 Å². The maximum Gasteiger partial charge on any atom is 0.272 e. The summed E-state index contributed by atoms with van der Waals surface area (Å²) in [5.74, 6) is -1.04. The number of rotatable bonds is 5. The highest BCUT2D eigenvalue weighted by Crippen LogP contribution is 2.26. The van der Waals surface area contributed by atoms with Crippen LogP contribution >= 0.6 is 0 Å². The number of hydrogen-bond acceptors (Lipinski definition) is 1. The van der Waals surface area contributed by atoms with Gasteiger partial charge in [0, 0.05) is 46.3 Å². The Morgan fingerprint density at radius 3 is 2.45 bits per heavy atom. The molecule has 0 saturated carbocycles. The smallest absolute Gasteiger partial charge is 0.272 e. The molecule has 0 radical (unpaired) electrons. The Hall–Kier alpha value is -3.93. The largest absolute Gasteiger partial charge is 0.345 e. The first-order valence-electron chi connectivity index (χ1n) is 10.8. The third-order valence-corrected chi connectivity index (χ3v) is 5.86. The predicted molar refractivity (Wildman–Crippen MR) is 128 cm³/mol. The molecule has 33 heavy (non-hydrogen) atoms. The van der Waals surface area contributed by atoms with E-state index in [9.17, 15) is 13.6 Å². The van der Waals surface area contributed by atoms with Gasteiger partial charge in [0.1, 0.15) is 17.3 Å². The van der Waals surface area contributed by atoms with Gasteiger partial charge in [-0.2, -0.15) is 0 Å². The molecular formula is C27H23F2N3O. The molecule has 4 nitrogen and oxygen atoms in total. The molecular weight excluding hydrogens is 420 g/mol. The molecule has 5 rings (SSSR count). The maximum absolute atomic E-state index is 13.9. The van der Waals surface area contributed by atoms with E-state index in [1.54, 1.807) is 28.8 Å². The Kier molecular flexibility index (Phi) is 5.21. The lowest BCUT2D eigenvalue weighted by molar-refractivity contribution is 0.101. The molecule has 0 spiro atoms. The lowest BCUT2D eigenvalue weighted by atomic mass is 10.2. The molecule has 0 fully saturated rings. The lowest BCUT2D eigenvalue weighted by Gasteiger charge is -2.12. The minimum Gasteiger partial charge on any atom is -0.345 e. The van der Waals surface area contributed by atoms with E-state index < -0.39 is 0 Å². The minimum absolute atomic E-state index is 0.284. The Labute approximate surface area is 190 Å². The van der Waals surface area contributed by atoms with Crippen molar-refractivity contribution in [2.75, 3.05) is 5.32 Å². The van der Waals surface area contributed by atoms with Crippen LogP contribution in [0.15, 0.2) is 79.0 Å². The first kappa shape index (κ1) is 20.9. The van der Waals surface area contributed by atoms with Crippen LogP contribution in [-0.4, -0.2) is 15.0 Å². The number of benzene rings is 3. The number of halogens is 2. The number of anilines is 1. The monoisotopic (exact) mass is 443 g/mol. The van der Waals surface area contributed by atoms with Gasteiger partial charge in [0.2, 0.25) is 0 Å². The van der Waals surface area contributed by atoms with E-state index in [0.29, 0.717) is 33.9 Å². The SMILES string of the molecule is CC(C)n1ccc2cc(NC(=O)c3cc4cc(F)ccc4n3Cc3cccc(F)c3)ccc21. The van der Waals surface area contributed by atoms with Crippen LogP contribution in [0.1, 0.15) is 35.9 Å². The number of aromatic nitrogens is 2. The summed E-state index contributed by atoms with van der Waals surface area (Å²) in [7, 11) is 0. The van der Waals surface area contributed by atoms with Crippen LogP contribution in [0.2, 0.25) is 0 Å². The molecule has 166 valence electrons. The molecule has 6 heteroatoms.